The molecule has 2 amide bonds. The van der Waals surface area contributed by atoms with Crippen molar-refractivity contribution in [1.82, 2.24) is 9.62 Å². The molecule has 1 aliphatic heterocycles. The third-order valence-corrected chi connectivity index (χ3v) is 8.64. The largest absolute Gasteiger partial charge is 0.349 e. The van der Waals surface area contributed by atoms with Crippen LogP contribution in [0, 0.1) is 0 Å². The topological polar surface area (TPSA) is 95.6 Å². The van der Waals surface area contributed by atoms with E-state index in [1.165, 1.54) is 33.8 Å². The molecule has 7 nitrogen and oxygen atoms in total. The first-order chi connectivity index (χ1) is 14.9. The van der Waals surface area contributed by atoms with E-state index in [1.54, 1.807) is 11.4 Å². The van der Waals surface area contributed by atoms with Crippen LogP contribution in [0.3, 0.4) is 0 Å². The molecular weight excluding hydrogens is 458 g/mol. The van der Waals surface area contributed by atoms with Crippen LogP contribution in [0.25, 0.3) is 0 Å². The summed E-state index contributed by atoms with van der Waals surface area (Å²) in [6.45, 7) is 0.896. The number of nitrogens with zero attached hydrogens (tertiary/aromatic N) is 1. The predicted octanol–water partition coefficient (Wildman–Crippen LogP) is 4.11. The lowest BCUT2D eigenvalue weighted by molar-refractivity contribution is 0.0952. The van der Waals surface area contributed by atoms with E-state index in [0.29, 0.717) is 23.7 Å². The van der Waals surface area contributed by atoms with Gasteiger partial charge in [-0.05, 0) is 55.3 Å². The van der Waals surface area contributed by atoms with Gasteiger partial charge in [-0.3, -0.25) is 9.59 Å². The van der Waals surface area contributed by atoms with Gasteiger partial charge < -0.3 is 10.6 Å². The molecule has 1 aliphatic carbocycles. The minimum atomic E-state index is -3.80. The Hall–Kier alpha value is -1.94. The molecule has 0 unspecified atom stereocenters. The van der Waals surface area contributed by atoms with Crippen LogP contribution in [0.1, 0.15) is 59.2 Å². The molecule has 0 bridgehead atoms. The average molecular weight is 482 g/mol. The van der Waals surface area contributed by atoms with E-state index in [2.05, 4.69) is 10.6 Å². The number of hydrogen-bond acceptors (Lipinski definition) is 5. The maximum absolute atomic E-state index is 13.2. The molecule has 2 N–H and O–H groups in total. The monoisotopic (exact) mass is 481 g/mol. The first-order valence-corrected chi connectivity index (χ1v) is 13.1. The number of nitrogens with one attached hydrogen (secondary N) is 2. The number of sulfonamides is 1. The van der Waals surface area contributed by atoms with Gasteiger partial charge in [0.15, 0.2) is 0 Å². The van der Waals surface area contributed by atoms with Crippen molar-refractivity contribution in [3.05, 3.63) is 45.8 Å². The maximum atomic E-state index is 13.2. The Balaban J connectivity index is 1.55. The van der Waals surface area contributed by atoms with Gasteiger partial charge in [0.2, 0.25) is 10.0 Å². The lowest BCUT2D eigenvalue weighted by Gasteiger charge is -2.21. The second-order valence-electron chi connectivity index (χ2n) is 7.83. The van der Waals surface area contributed by atoms with E-state index in [-0.39, 0.29) is 27.4 Å². The fourth-order valence-electron chi connectivity index (χ4n) is 3.51. The van der Waals surface area contributed by atoms with Crippen molar-refractivity contribution in [2.45, 2.75) is 49.5 Å². The third kappa shape index (κ3) is 5.11. The van der Waals surface area contributed by atoms with Gasteiger partial charge in [0, 0.05) is 24.7 Å². The molecule has 1 aromatic heterocycles. The highest BCUT2D eigenvalue weighted by molar-refractivity contribution is 7.89. The Morgan fingerprint density at radius 2 is 1.74 bits per heavy atom. The second kappa shape index (κ2) is 9.28. The Labute approximate surface area is 190 Å². The van der Waals surface area contributed by atoms with Crippen LogP contribution in [0.15, 0.2) is 34.5 Å². The van der Waals surface area contributed by atoms with Crippen molar-refractivity contribution in [1.29, 1.82) is 0 Å². The quantitative estimate of drug-likeness (QED) is 0.649. The number of hydrogen-bond donors (Lipinski definition) is 2. The second-order valence-corrected chi connectivity index (χ2v) is 11.1. The van der Waals surface area contributed by atoms with Crippen LogP contribution in [0.4, 0.5) is 5.00 Å². The Kier molecular flexibility index (Phi) is 6.66. The molecule has 166 valence electrons. The number of rotatable bonds is 6. The minimum Gasteiger partial charge on any atom is -0.349 e. The highest BCUT2D eigenvalue weighted by atomic mass is 35.5. The van der Waals surface area contributed by atoms with Crippen LogP contribution < -0.4 is 10.6 Å². The maximum Gasteiger partial charge on any atom is 0.256 e. The van der Waals surface area contributed by atoms with Crippen LogP contribution in [-0.2, 0) is 10.0 Å². The fourth-order valence-corrected chi connectivity index (χ4v) is 6.31. The number of carbonyl (C=O) groups excluding carboxylic acids is 2. The van der Waals surface area contributed by atoms with Gasteiger partial charge in [0.25, 0.3) is 11.8 Å². The molecule has 1 saturated carbocycles. The van der Waals surface area contributed by atoms with Crippen molar-refractivity contribution in [2.24, 2.45) is 0 Å². The summed E-state index contributed by atoms with van der Waals surface area (Å²) < 4.78 is 27.8. The van der Waals surface area contributed by atoms with Crippen molar-refractivity contribution < 1.29 is 18.0 Å². The average Bonchev–Trinajstić information content (AvgIpc) is 3.50. The van der Waals surface area contributed by atoms with E-state index in [1.807, 2.05) is 0 Å². The van der Waals surface area contributed by atoms with E-state index in [9.17, 15) is 18.0 Å². The summed E-state index contributed by atoms with van der Waals surface area (Å²) in [7, 11) is -3.80. The highest BCUT2D eigenvalue weighted by Gasteiger charge is 2.29. The van der Waals surface area contributed by atoms with E-state index < -0.39 is 15.9 Å². The molecule has 10 heteroatoms. The summed E-state index contributed by atoms with van der Waals surface area (Å²) >= 11 is 7.46. The van der Waals surface area contributed by atoms with Gasteiger partial charge >= 0.3 is 0 Å². The normalized spacial score (nSPS) is 17.7. The summed E-state index contributed by atoms with van der Waals surface area (Å²) in [5, 5.41) is 7.88. The summed E-state index contributed by atoms with van der Waals surface area (Å²) in [5.74, 6) is -0.716. The van der Waals surface area contributed by atoms with E-state index >= 15 is 0 Å². The number of benzene rings is 1. The van der Waals surface area contributed by atoms with Crippen molar-refractivity contribution in [2.75, 3.05) is 18.4 Å². The smallest absolute Gasteiger partial charge is 0.256 e. The van der Waals surface area contributed by atoms with Crippen molar-refractivity contribution in [3.8, 4) is 0 Å². The predicted molar refractivity (Wildman–Crippen MR) is 121 cm³/mol. The van der Waals surface area contributed by atoms with Crippen molar-refractivity contribution in [3.63, 3.8) is 0 Å². The highest BCUT2D eigenvalue weighted by Crippen LogP contribution is 2.29. The lowest BCUT2D eigenvalue weighted by Crippen LogP contribution is -2.32. The van der Waals surface area contributed by atoms with Crippen LogP contribution in [-0.4, -0.2) is 43.7 Å². The molecule has 1 aromatic carbocycles. The molecule has 4 rings (SSSR count). The van der Waals surface area contributed by atoms with Crippen LogP contribution in [0.2, 0.25) is 5.02 Å². The summed E-state index contributed by atoms with van der Waals surface area (Å²) in [6, 6.07) is 6.09. The molecule has 2 aliphatic rings. The molecule has 31 heavy (non-hydrogen) atoms. The molecular formula is C21H24ClN3O4S2. The third-order valence-electron chi connectivity index (χ3n) is 5.43. The summed E-state index contributed by atoms with van der Waals surface area (Å²) in [4.78, 5) is 25.2. The van der Waals surface area contributed by atoms with Gasteiger partial charge in [0.1, 0.15) is 9.90 Å². The first kappa shape index (κ1) is 22.3. The van der Waals surface area contributed by atoms with E-state index in [4.69, 9.17) is 11.6 Å². The van der Waals surface area contributed by atoms with Gasteiger partial charge in [-0.2, -0.15) is 4.31 Å². The minimum absolute atomic E-state index is 0.0680. The molecule has 2 heterocycles. The van der Waals surface area contributed by atoms with Gasteiger partial charge in [-0.1, -0.05) is 24.4 Å². The summed E-state index contributed by atoms with van der Waals surface area (Å²) in [6.07, 6.45) is 5.55. The standard InChI is InChI=1S/C21H24ClN3O4S2/c22-17-8-5-14(13-18(17)31(28,29)25-10-3-1-2-4-11-25)19(26)24-21-16(9-12-30-21)20(27)23-15-6-7-15/h5,8-9,12-13,15H,1-4,6-7,10-11H2,(H,23,27)(H,24,26). The zero-order chi connectivity index (χ0) is 22.0. The van der Waals surface area contributed by atoms with Gasteiger partial charge in [-0.15, -0.1) is 11.3 Å². The van der Waals surface area contributed by atoms with Gasteiger partial charge in [-0.25, -0.2) is 8.42 Å². The molecule has 0 spiro atoms. The number of thiophene rings is 1. The number of amides is 2. The van der Waals surface area contributed by atoms with Gasteiger partial charge in [0.05, 0.1) is 10.6 Å². The molecule has 0 atom stereocenters. The molecule has 2 aromatic rings. The zero-order valence-electron chi connectivity index (χ0n) is 16.9. The molecule has 0 radical (unpaired) electrons. The Morgan fingerprint density at radius 1 is 1.03 bits per heavy atom. The number of anilines is 1. The Bertz CT molecular complexity index is 1090. The fraction of sp³-hybridized carbons (Fsp3) is 0.429. The van der Waals surface area contributed by atoms with Crippen LogP contribution in [0.5, 0.6) is 0 Å². The Morgan fingerprint density at radius 3 is 2.42 bits per heavy atom. The first-order valence-electron chi connectivity index (χ1n) is 10.4. The SMILES string of the molecule is O=C(Nc1sccc1C(=O)NC1CC1)c1ccc(Cl)c(S(=O)(=O)N2CCCCCC2)c1. The number of carbonyl (C=O) groups is 2. The number of halogens is 1. The molecule has 1 saturated heterocycles. The summed E-state index contributed by atoms with van der Waals surface area (Å²) in [5.41, 5.74) is 0.566. The van der Waals surface area contributed by atoms with Crippen LogP contribution >= 0.6 is 22.9 Å². The zero-order valence-corrected chi connectivity index (χ0v) is 19.3. The molecule has 2 fully saturated rings. The lowest BCUT2D eigenvalue weighted by atomic mass is 10.2. The van der Waals surface area contributed by atoms with Crippen molar-refractivity contribution >= 4 is 49.8 Å². The van der Waals surface area contributed by atoms with E-state index in [0.717, 1.165) is 38.5 Å².